The molecular formula is C11H18N6O10. The Morgan fingerprint density at radius 3 is 2.15 bits per heavy atom. The lowest BCUT2D eigenvalue weighted by molar-refractivity contribution is -0.742. The Balaban J connectivity index is 0. The van der Waals surface area contributed by atoms with E-state index >= 15 is 0 Å². The van der Waals surface area contributed by atoms with Crippen LogP contribution in [0.1, 0.15) is 23.3 Å². The molecule has 2 amide bonds. The number of carbonyl (C=O) groups excluding carboxylic acids is 1. The molecule has 0 aromatic carbocycles. The molecule has 1 atom stereocenters. The summed E-state index contributed by atoms with van der Waals surface area (Å²) < 4.78 is 0. The van der Waals surface area contributed by atoms with Crippen molar-refractivity contribution in [1.29, 1.82) is 0 Å². The smallest absolute Gasteiger partial charge is 0.352 e. The second-order valence-corrected chi connectivity index (χ2v) is 4.42. The van der Waals surface area contributed by atoms with Gasteiger partial charge in [0.05, 0.1) is 0 Å². The summed E-state index contributed by atoms with van der Waals surface area (Å²) >= 11 is 0. The second kappa shape index (κ2) is 13.4. The van der Waals surface area contributed by atoms with Crippen molar-refractivity contribution in [2.24, 2.45) is 11.5 Å². The maximum Gasteiger partial charge on any atom is 0.352 e. The van der Waals surface area contributed by atoms with Crippen LogP contribution in [-0.2, 0) is 4.79 Å². The van der Waals surface area contributed by atoms with E-state index in [1.807, 2.05) is 9.97 Å². The van der Waals surface area contributed by atoms with Crippen LogP contribution in [0.5, 0.6) is 0 Å². The lowest BCUT2D eigenvalue weighted by Gasteiger charge is -2.05. The van der Waals surface area contributed by atoms with E-state index < -0.39 is 46.0 Å². The van der Waals surface area contributed by atoms with Crippen molar-refractivity contribution in [2.45, 2.75) is 18.9 Å². The maximum absolute atomic E-state index is 10.5. The van der Waals surface area contributed by atoms with Crippen LogP contribution < -0.4 is 28.0 Å². The number of carbonyl (C=O) groups is 3. The molecule has 152 valence electrons. The van der Waals surface area contributed by atoms with Crippen LogP contribution in [0.4, 0.5) is 4.79 Å². The van der Waals surface area contributed by atoms with Crippen molar-refractivity contribution >= 4 is 18.0 Å². The van der Waals surface area contributed by atoms with Gasteiger partial charge in [-0.25, -0.2) is 14.4 Å². The molecule has 1 aromatic rings. The number of nitrogens with one attached hydrogen (secondary N) is 3. The van der Waals surface area contributed by atoms with Crippen molar-refractivity contribution in [3.8, 4) is 0 Å². The molecule has 0 saturated carbocycles. The number of H-pyrrole nitrogens is 2. The molecule has 16 heteroatoms. The Bertz CT molecular complexity index is 724. The maximum atomic E-state index is 10.5. The molecule has 0 fully saturated rings. The number of aromatic nitrogens is 2. The lowest BCUT2D eigenvalue weighted by atomic mass is 10.2. The van der Waals surface area contributed by atoms with E-state index in [-0.39, 0.29) is 0 Å². The summed E-state index contributed by atoms with van der Waals surface area (Å²) in [6, 6.07) is -0.678. The molecule has 0 spiro atoms. The highest BCUT2D eigenvalue weighted by molar-refractivity contribution is 5.84. The minimum Gasteiger partial charge on any atom is -0.480 e. The molecule has 1 aromatic heterocycles. The number of primary amides is 1. The van der Waals surface area contributed by atoms with Crippen molar-refractivity contribution in [2.75, 3.05) is 6.54 Å². The molecule has 0 radical (unpaired) electrons. The molecule has 1 heterocycles. The van der Waals surface area contributed by atoms with Gasteiger partial charge in [-0.15, -0.1) is 10.1 Å². The molecule has 10 N–H and O–H groups in total. The molecule has 0 aliphatic carbocycles. The summed E-state index contributed by atoms with van der Waals surface area (Å²) in [5.41, 5.74) is 7.99. The number of aliphatic carboxylic acids is 1. The van der Waals surface area contributed by atoms with Crippen LogP contribution in [0.3, 0.4) is 0 Å². The monoisotopic (exact) mass is 394 g/mol. The van der Waals surface area contributed by atoms with E-state index in [4.69, 9.17) is 37.0 Å². The fourth-order valence-corrected chi connectivity index (χ4v) is 1.24. The zero-order valence-corrected chi connectivity index (χ0v) is 13.6. The van der Waals surface area contributed by atoms with Gasteiger partial charge >= 0.3 is 23.7 Å². The first-order chi connectivity index (χ1) is 12.4. The number of carboxylic acids is 2. The average Bonchev–Trinajstić information content (AvgIpc) is 2.50. The second-order valence-electron chi connectivity index (χ2n) is 4.42. The largest absolute Gasteiger partial charge is 0.480 e. The van der Waals surface area contributed by atoms with E-state index in [9.17, 15) is 24.0 Å². The van der Waals surface area contributed by atoms with Crippen molar-refractivity contribution < 1.29 is 34.9 Å². The molecule has 0 unspecified atom stereocenters. The van der Waals surface area contributed by atoms with Gasteiger partial charge in [-0.1, -0.05) is 0 Å². The normalized spacial score (nSPS) is 10.1. The molecule has 16 nitrogen and oxygen atoms in total. The summed E-state index contributed by atoms with van der Waals surface area (Å²) in [5.74, 6) is -2.37. The molecule has 0 saturated heterocycles. The number of amides is 2. The van der Waals surface area contributed by atoms with Gasteiger partial charge in [0.25, 0.3) is 10.6 Å². The number of aromatic amines is 2. The lowest BCUT2D eigenvalue weighted by Crippen LogP contribution is -2.33. The average molecular weight is 394 g/mol. The number of rotatable bonds is 6. The van der Waals surface area contributed by atoms with Crippen molar-refractivity contribution in [3.05, 3.63) is 42.7 Å². The van der Waals surface area contributed by atoms with Crippen LogP contribution in [0.25, 0.3) is 0 Å². The highest BCUT2D eigenvalue weighted by Gasteiger charge is 2.09. The summed E-state index contributed by atoms with van der Waals surface area (Å²) in [5, 5.41) is 32.6. The van der Waals surface area contributed by atoms with Crippen LogP contribution in [0.15, 0.2) is 15.7 Å². The molecule has 0 aliphatic heterocycles. The number of carboxylic acid groups (broad SMARTS) is 2. The number of urea groups is 1. The first kappa shape index (κ1) is 25.3. The Hall–Kier alpha value is -3.95. The minimum atomic E-state index is -1.50. The van der Waals surface area contributed by atoms with E-state index in [2.05, 4.69) is 5.32 Å². The van der Waals surface area contributed by atoms with Crippen LogP contribution >= 0.6 is 0 Å². The summed E-state index contributed by atoms with van der Waals surface area (Å²) in [6.45, 7) is 0.357. The molecule has 1 rings (SSSR count). The predicted molar refractivity (Wildman–Crippen MR) is 85.9 cm³/mol. The van der Waals surface area contributed by atoms with E-state index in [0.717, 1.165) is 6.07 Å². The molecule has 0 aliphatic rings. The molecule has 27 heavy (non-hydrogen) atoms. The quantitative estimate of drug-likeness (QED) is 0.139. The SMILES string of the molecule is NC(=O)NCCC[C@H](N)C(=O)O.O=C(O)c1cc(=O)[nH]c(=O)[nH]1.O=[N+]([O-])O. The zero-order chi connectivity index (χ0) is 21.6. The number of hydrogen-bond acceptors (Lipinski definition) is 8. The van der Waals surface area contributed by atoms with Gasteiger partial charge in [0.1, 0.15) is 11.7 Å². The van der Waals surface area contributed by atoms with Gasteiger partial charge in [-0.2, -0.15) is 0 Å². The Morgan fingerprint density at radius 2 is 1.78 bits per heavy atom. The van der Waals surface area contributed by atoms with Crippen molar-refractivity contribution in [1.82, 2.24) is 15.3 Å². The number of nitrogens with two attached hydrogens (primary N) is 2. The number of aromatic carboxylic acids is 1. The molecular weight excluding hydrogens is 376 g/mol. The first-order valence-electron chi connectivity index (χ1n) is 6.78. The van der Waals surface area contributed by atoms with Crippen LogP contribution in [-0.4, -0.2) is 61.0 Å². The standard InChI is InChI=1S/C6H13N3O3.C5H4N2O4.HNO3/c7-4(5(10)11)2-1-3-9-6(8)12;8-3-1-2(4(9)10)6-5(11)7-3;2-1(3)4/h4H,1-3,7H2,(H,10,11)(H3,8,9,12);1H,(H,9,10)(H2,6,7,8,11);(H,2,3,4)/t4-;;/m0../s1. The van der Waals surface area contributed by atoms with Crippen molar-refractivity contribution in [3.63, 3.8) is 0 Å². The summed E-state index contributed by atoms with van der Waals surface area (Å²) in [6.07, 6.45) is 0.839. The third-order valence-corrected chi connectivity index (χ3v) is 2.30. The third-order valence-electron chi connectivity index (χ3n) is 2.30. The molecule has 0 bridgehead atoms. The predicted octanol–water partition coefficient (Wildman–Crippen LogP) is -2.74. The number of nitrogens with zero attached hydrogens (tertiary/aromatic N) is 1. The Labute approximate surface area is 148 Å². The van der Waals surface area contributed by atoms with Gasteiger partial charge in [0, 0.05) is 12.6 Å². The van der Waals surface area contributed by atoms with Crippen LogP contribution in [0.2, 0.25) is 0 Å². The Kier molecular flexibility index (Phi) is 12.5. The van der Waals surface area contributed by atoms with E-state index in [1.54, 1.807) is 0 Å². The minimum absolute atomic E-state index is 0.329. The number of hydrogen-bond donors (Lipinski definition) is 8. The fraction of sp³-hybridized carbons (Fsp3) is 0.364. The van der Waals surface area contributed by atoms with Gasteiger partial charge in [-0.3, -0.25) is 14.6 Å². The third kappa shape index (κ3) is 16.7. The summed E-state index contributed by atoms with van der Waals surface area (Å²) in [7, 11) is 0. The van der Waals surface area contributed by atoms with E-state index in [0.29, 0.717) is 19.4 Å². The topological polar surface area (TPSA) is 285 Å². The highest BCUT2D eigenvalue weighted by Crippen LogP contribution is 1.92. The summed E-state index contributed by atoms with van der Waals surface area (Å²) in [4.78, 5) is 63.6. The van der Waals surface area contributed by atoms with Gasteiger partial charge < -0.3 is 37.2 Å². The zero-order valence-electron chi connectivity index (χ0n) is 13.6. The van der Waals surface area contributed by atoms with Gasteiger partial charge in [0.2, 0.25) is 0 Å². The highest BCUT2D eigenvalue weighted by atomic mass is 16.9. The van der Waals surface area contributed by atoms with Crippen LogP contribution in [0, 0.1) is 10.1 Å². The van der Waals surface area contributed by atoms with Gasteiger partial charge in [-0.05, 0) is 12.8 Å². The van der Waals surface area contributed by atoms with E-state index in [1.165, 1.54) is 0 Å². The fourth-order valence-electron chi connectivity index (χ4n) is 1.24. The van der Waals surface area contributed by atoms with Gasteiger partial charge in [0.15, 0.2) is 0 Å². The Morgan fingerprint density at radius 1 is 1.26 bits per heavy atom. The first-order valence-corrected chi connectivity index (χ1v) is 6.78.